The zero-order valence-corrected chi connectivity index (χ0v) is 16.7. The van der Waals surface area contributed by atoms with Crippen molar-refractivity contribution in [1.82, 2.24) is 18.4 Å². The minimum absolute atomic E-state index is 0.0868. The van der Waals surface area contributed by atoms with E-state index in [4.69, 9.17) is 11.6 Å². The van der Waals surface area contributed by atoms with Gasteiger partial charge in [-0.25, -0.2) is 16.8 Å². The molecule has 142 valence electrons. The average molecular weight is 419 g/mol. The summed E-state index contributed by atoms with van der Waals surface area (Å²) in [5, 5.41) is 4.52. The standard InChI is InChI=1S/C15H19ClN4O4S2/c1-12-15(11-18(2)17-12)26(23,24)20-9-7-19(8-10-20)25(21,22)14-5-3-13(16)4-6-14/h3-6,11H,7-10H2,1-2H3. The van der Waals surface area contributed by atoms with E-state index in [2.05, 4.69) is 5.10 Å². The van der Waals surface area contributed by atoms with Crippen LogP contribution in [-0.2, 0) is 27.1 Å². The average Bonchev–Trinajstić information content (AvgIpc) is 2.94. The summed E-state index contributed by atoms with van der Waals surface area (Å²) in [6.07, 6.45) is 1.46. The summed E-state index contributed by atoms with van der Waals surface area (Å²) < 4.78 is 55.0. The van der Waals surface area contributed by atoms with Gasteiger partial charge in [0.25, 0.3) is 0 Å². The summed E-state index contributed by atoms with van der Waals surface area (Å²) in [6.45, 7) is 1.98. The monoisotopic (exact) mass is 418 g/mol. The maximum absolute atomic E-state index is 12.8. The van der Waals surface area contributed by atoms with Gasteiger partial charge in [-0.1, -0.05) is 11.6 Å². The number of aryl methyl sites for hydroxylation is 2. The lowest BCUT2D eigenvalue weighted by Gasteiger charge is -2.33. The Morgan fingerprint density at radius 2 is 1.42 bits per heavy atom. The number of sulfonamides is 2. The van der Waals surface area contributed by atoms with Crippen LogP contribution in [0.4, 0.5) is 0 Å². The molecule has 2 aromatic rings. The highest BCUT2D eigenvalue weighted by molar-refractivity contribution is 7.89. The first-order valence-electron chi connectivity index (χ1n) is 7.88. The lowest BCUT2D eigenvalue weighted by molar-refractivity contribution is 0.272. The minimum Gasteiger partial charge on any atom is -0.274 e. The van der Waals surface area contributed by atoms with Crippen LogP contribution in [0.5, 0.6) is 0 Å². The van der Waals surface area contributed by atoms with E-state index in [1.54, 1.807) is 14.0 Å². The number of halogens is 1. The number of rotatable bonds is 4. The third-order valence-corrected chi connectivity index (χ3v) is 8.40. The summed E-state index contributed by atoms with van der Waals surface area (Å²) in [5.41, 5.74) is 0.420. The third kappa shape index (κ3) is 3.52. The molecule has 0 aliphatic carbocycles. The molecule has 0 atom stereocenters. The Balaban J connectivity index is 1.77. The van der Waals surface area contributed by atoms with Crippen LogP contribution in [0.25, 0.3) is 0 Å². The molecule has 1 fully saturated rings. The Kier molecular flexibility index (Phi) is 5.15. The summed E-state index contributed by atoms with van der Waals surface area (Å²) in [6, 6.07) is 5.92. The summed E-state index contributed by atoms with van der Waals surface area (Å²) >= 11 is 5.80. The van der Waals surface area contributed by atoms with Gasteiger partial charge in [-0.15, -0.1) is 0 Å². The Hall–Kier alpha value is -1.46. The van der Waals surface area contributed by atoms with Crippen LogP contribution >= 0.6 is 11.6 Å². The van der Waals surface area contributed by atoms with Gasteiger partial charge in [0.2, 0.25) is 20.0 Å². The Bertz CT molecular complexity index is 1010. The second-order valence-electron chi connectivity index (χ2n) is 6.01. The number of aromatic nitrogens is 2. The first-order valence-corrected chi connectivity index (χ1v) is 11.1. The van der Waals surface area contributed by atoms with Crippen LogP contribution in [-0.4, -0.2) is 61.4 Å². The van der Waals surface area contributed by atoms with Crippen LogP contribution in [0.2, 0.25) is 5.02 Å². The molecule has 0 unspecified atom stereocenters. The first-order chi connectivity index (χ1) is 12.1. The lowest BCUT2D eigenvalue weighted by atomic mass is 10.4. The smallest absolute Gasteiger partial charge is 0.246 e. The molecule has 8 nitrogen and oxygen atoms in total. The van der Waals surface area contributed by atoms with Crippen molar-refractivity contribution in [3.63, 3.8) is 0 Å². The second-order valence-corrected chi connectivity index (χ2v) is 10.3. The maximum atomic E-state index is 12.8. The summed E-state index contributed by atoms with van der Waals surface area (Å²) in [4.78, 5) is 0.287. The van der Waals surface area contributed by atoms with Crippen LogP contribution in [0, 0.1) is 6.92 Å². The molecular formula is C15H19ClN4O4S2. The van der Waals surface area contributed by atoms with Crippen LogP contribution in [0.15, 0.2) is 40.3 Å². The molecule has 0 spiro atoms. The van der Waals surface area contributed by atoms with Crippen molar-refractivity contribution >= 4 is 31.6 Å². The topological polar surface area (TPSA) is 92.6 Å². The van der Waals surface area contributed by atoms with Crippen LogP contribution in [0.3, 0.4) is 0 Å². The van der Waals surface area contributed by atoms with Gasteiger partial charge < -0.3 is 0 Å². The zero-order chi connectivity index (χ0) is 19.1. The molecule has 11 heteroatoms. The molecule has 0 saturated carbocycles. The van der Waals surface area contributed by atoms with Gasteiger partial charge in [0.15, 0.2) is 0 Å². The molecule has 0 bridgehead atoms. The third-order valence-electron chi connectivity index (χ3n) is 4.24. The van der Waals surface area contributed by atoms with Crippen molar-refractivity contribution < 1.29 is 16.8 Å². The quantitative estimate of drug-likeness (QED) is 0.740. The predicted molar refractivity (Wildman–Crippen MR) is 96.9 cm³/mol. The number of hydrogen-bond acceptors (Lipinski definition) is 5. The molecule has 0 radical (unpaired) electrons. The molecule has 1 aliphatic rings. The Morgan fingerprint density at radius 1 is 0.923 bits per heavy atom. The number of benzene rings is 1. The van der Waals surface area contributed by atoms with Crippen molar-refractivity contribution in [3.05, 3.63) is 41.2 Å². The van der Waals surface area contributed by atoms with Gasteiger partial charge >= 0.3 is 0 Å². The summed E-state index contributed by atoms with van der Waals surface area (Å²) in [5.74, 6) is 0. The number of nitrogens with zero attached hydrogens (tertiary/aromatic N) is 4. The first kappa shape index (κ1) is 19.3. The number of hydrogen-bond donors (Lipinski definition) is 0. The van der Waals surface area contributed by atoms with Crippen molar-refractivity contribution in [3.8, 4) is 0 Å². The normalized spacial score (nSPS) is 17.5. The predicted octanol–water partition coefficient (Wildman–Crippen LogP) is 1.08. The molecule has 3 rings (SSSR count). The van der Waals surface area contributed by atoms with Gasteiger partial charge in [-0.05, 0) is 31.2 Å². The van der Waals surface area contributed by atoms with E-state index >= 15 is 0 Å². The van der Waals surface area contributed by atoms with Gasteiger partial charge in [-0.3, -0.25) is 4.68 Å². The van der Waals surface area contributed by atoms with E-state index in [-0.39, 0.29) is 36.0 Å². The fourth-order valence-electron chi connectivity index (χ4n) is 2.88. The van der Waals surface area contributed by atoms with E-state index in [0.717, 1.165) is 0 Å². The van der Waals surface area contributed by atoms with Gasteiger partial charge in [-0.2, -0.15) is 13.7 Å². The minimum atomic E-state index is -3.70. The van der Waals surface area contributed by atoms with E-state index < -0.39 is 20.0 Å². The van der Waals surface area contributed by atoms with Crippen molar-refractivity contribution in [1.29, 1.82) is 0 Å². The highest BCUT2D eigenvalue weighted by Crippen LogP contribution is 2.23. The van der Waals surface area contributed by atoms with Gasteiger partial charge in [0.05, 0.1) is 10.6 Å². The van der Waals surface area contributed by atoms with Crippen molar-refractivity contribution in [2.24, 2.45) is 7.05 Å². The molecule has 0 amide bonds. The summed E-state index contributed by atoms with van der Waals surface area (Å²) in [7, 11) is -5.72. The van der Waals surface area contributed by atoms with Crippen molar-refractivity contribution in [2.75, 3.05) is 26.2 Å². The van der Waals surface area contributed by atoms with E-state index in [1.165, 1.54) is 43.8 Å². The molecule has 26 heavy (non-hydrogen) atoms. The highest BCUT2D eigenvalue weighted by atomic mass is 35.5. The van der Waals surface area contributed by atoms with E-state index in [0.29, 0.717) is 10.7 Å². The lowest BCUT2D eigenvalue weighted by Crippen LogP contribution is -2.50. The molecule has 1 aromatic carbocycles. The second kappa shape index (κ2) is 6.93. The fraction of sp³-hybridized carbons (Fsp3) is 0.400. The SMILES string of the molecule is Cc1nn(C)cc1S(=O)(=O)N1CCN(S(=O)(=O)c2ccc(Cl)cc2)CC1. The molecular weight excluding hydrogens is 400 g/mol. The molecule has 1 aromatic heterocycles. The largest absolute Gasteiger partial charge is 0.274 e. The Labute approximate surface area is 158 Å². The van der Waals surface area contributed by atoms with Crippen molar-refractivity contribution in [2.45, 2.75) is 16.7 Å². The highest BCUT2D eigenvalue weighted by Gasteiger charge is 2.35. The van der Waals surface area contributed by atoms with Gasteiger partial charge in [0.1, 0.15) is 4.90 Å². The van der Waals surface area contributed by atoms with E-state index in [9.17, 15) is 16.8 Å². The maximum Gasteiger partial charge on any atom is 0.246 e. The Morgan fingerprint density at radius 3 is 1.88 bits per heavy atom. The van der Waals surface area contributed by atoms with E-state index in [1.807, 2.05) is 0 Å². The van der Waals surface area contributed by atoms with Gasteiger partial charge in [0, 0.05) is 44.4 Å². The molecule has 0 N–H and O–H groups in total. The molecule has 1 aliphatic heterocycles. The number of piperazine rings is 1. The van der Waals surface area contributed by atoms with Crippen LogP contribution < -0.4 is 0 Å². The van der Waals surface area contributed by atoms with Crippen LogP contribution in [0.1, 0.15) is 5.69 Å². The fourth-order valence-corrected chi connectivity index (χ4v) is 6.05. The molecule has 2 heterocycles. The molecule has 1 saturated heterocycles. The zero-order valence-electron chi connectivity index (χ0n) is 14.3.